The number of rotatable bonds is 7. The Hall–Kier alpha value is -6.07. The van der Waals surface area contributed by atoms with E-state index < -0.39 is 46.5 Å². The average Bonchev–Trinajstić information content (AvgIpc) is 3.56. The first-order valence-corrected chi connectivity index (χ1v) is 17.1. The van der Waals surface area contributed by atoms with Gasteiger partial charge >= 0.3 is 11.4 Å². The van der Waals surface area contributed by atoms with Crippen molar-refractivity contribution in [3.63, 3.8) is 0 Å². The van der Waals surface area contributed by atoms with Gasteiger partial charge in [0.2, 0.25) is 17.6 Å². The molecule has 0 radical (unpaired) electrons. The summed E-state index contributed by atoms with van der Waals surface area (Å²) in [5, 5.41) is 11.0. The number of hydrogen-bond donors (Lipinski definition) is 1. The van der Waals surface area contributed by atoms with Crippen molar-refractivity contribution >= 4 is 35.2 Å². The van der Waals surface area contributed by atoms with Crippen LogP contribution in [-0.4, -0.2) is 45.1 Å². The van der Waals surface area contributed by atoms with Crippen molar-refractivity contribution in [2.45, 2.75) is 24.4 Å². The molecule has 8 rings (SSSR count). The van der Waals surface area contributed by atoms with Gasteiger partial charge in [0, 0.05) is 10.9 Å². The highest BCUT2D eigenvalue weighted by molar-refractivity contribution is 6.32. The predicted molar refractivity (Wildman–Crippen MR) is 195 cm³/mol. The second-order valence-electron chi connectivity index (χ2n) is 13.0. The lowest BCUT2D eigenvalue weighted by atomic mass is 9.54. The predicted octanol–water partition coefficient (Wildman–Crippen LogP) is 5.52. The van der Waals surface area contributed by atoms with E-state index in [9.17, 15) is 19.5 Å². The highest BCUT2D eigenvalue weighted by Crippen LogP contribution is 2.59. The Kier molecular flexibility index (Phi) is 8.02. The molecule has 2 amide bonds. The van der Waals surface area contributed by atoms with Gasteiger partial charge in [-0.3, -0.25) is 9.59 Å². The maximum absolute atomic E-state index is 15.3. The van der Waals surface area contributed by atoms with Crippen LogP contribution in [0.25, 0.3) is 11.8 Å². The largest absolute Gasteiger partial charge is 0.502 e. The van der Waals surface area contributed by atoms with Gasteiger partial charge in [0.25, 0.3) is 0 Å². The molecule has 3 heterocycles. The van der Waals surface area contributed by atoms with E-state index in [1.807, 2.05) is 42.5 Å². The number of halogens is 1. The number of carbonyl (C=O) groups is 2. The molecule has 1 aromatic heterocycles. The number of anilines is 1. The van der Waals surface area contributed by atoms with Crippen LogP contribution >= 0.6 is 11.6 Å². The zero-order valence-electron chi connectivity index (χ0n) is 28.2. The summed E-state index contributed by atoms with van der Waals surface area (Å²) >= 11 is 6.39. The van der Waals surface area contributed by atoms with Crippen LogP contribution in [0.1, 0.15) is 23.6 Å². The fourth-order valence-electron chi connectivity index (χ4n) is 8.27. The third-order valence-electron chi connectivity index (χ3n) is 10.5. The molecule has 2 aliphatic heterocycles. The Balaban J connectivity index is 1.38. The van der Waals surface area contributed by atoms with E-state index in [4.69, 9.17) is 21.1 Å². The lowest BCUT2D eigenvalue weighted by molar-refractivity contribution is -0.124. The molecular formula is C40H33ClN4O7. The summed E-state index contributed by atoms with van der Waals surface area (Å²) in [6.07, 6.45) is 5.63. The van der Waals surface area contributed by atoms with Crippen molar-refractivity contribution in [3.05, 3.63) is 152 Å². The van der Waals surface area contributed by atoms with Gasteiger partial charge in [-0.2, -0.15) is 0 Å². The number of nitrogens with zero attached hydrogens (tertiary/aromatic N) is 4. The average molecular weight is 717 g/mol. The molecule has 0 spiro atoms. The third kappa shape index (κ3) is 4.80. The standard InChI is InChI=1S/C40H33ClN4O7/c1-51-33-20-24(21-34(52-2)35(33)46)16-17-30-29-18-19-42-38(49)44(27-13-7-4-8-14-27)39(50)45(42)32(29)23-31-36(47)43(28-15-9-12-26(41)22-28)37(48)40(30,31)25-10-5-3-6-11-25/h3-18,20-22,30-32,46H,19,23H2,1-2H3/t30-,31-,32+,40-/m0/s1. The highest BCUT2D eigenvalue weighted by Gasteiger charge is 2.67. The second kappa shape index (κ2) is 12.6. The van der Waals surface area contributed by atoms with Crippen LogP contribution in [0.4, 0.5) is 5.69 Å². The molecular weight excluding hydrogens is 684 g/mol. The summed E-state index contributed by atoms with van der Waals surface area (Å²) in [6.45, 7) is 0.0701. The fraction of sp³-hybridized carbons (Fsp3) is 0.200. The molecule has 52 heavy (non-hydrogen) atoms. The summed E-state index contributed by atoms with van der Waals surface area (Å²) in [4.78, 5) is 59.4. The minimum Gasteiger partial charge on any atom is -0.502 e. The molecule has 0 unspecified atom stereocenters. The lowest BCUT2D eigenvalue weighted by Crippen LogP contribution is -2.53. The minimum absolute atomic E-state index is 0.0701. The van der Waals surface area contributed by atoms with E-state index in [1.165, 1.54) is 28.5 Å². The van der Waals surface area contributed by atoms with Gasteiger partial charge in [-0.15, -0.1) is 0 Å². The first kappa shape index (κ1) is 33.1. The smallest absolute Gasteiger partial charge is 0.352 e. The van der Waals surface area contributed by atoms with Gasteiger partial charge in [-0.05, 0) is 65.6 Å². The van der Waals surface area contributed by atoms with Crippen molar-refractivity contribution in [1.29, 1.82) is 0 Å². The third-order valence-corrected chi connectivity index (χ3v) is 10.7. The number of fused-ring (bicyclic) bond motifs is 4. The number of methoxy groups -OCH3 is 2. The molecule has 4 atom stereocenters. The quantitative estimate of drug-likeness (QED) is 0.174. The molecule has 3 aliphatic rings. The molecule has 262 valence electrons. The summed E-state index contributed by atoms with van der Waals surface area (Å²) in [6, 6.07) is 27.1. The Morgan fingerprint density at radius 3 is 2.13 bits per heavy atom. The zero-order valence-corrected chi connectivity index (χ0v) is 28.9. The van der Waals surface area contributed by atoms with Gasteiger partial charge in [0.05, 0.1) is 49.5 Å². The van der Waals surface area contributed by atoms with Crippen LogP contribution in [0.5, 0.6) is 17.2 Å². The summed E-state index contributed by atoms with van der Waals surface area (Å²) in [5.41, 5.74) is 0.217. The van der Waals surface area contributed by atoms with E-state index in [2.05, 4.69) is 0 Å². The normalized spacial score (nSPS) is 22.2. The maximum atomic E-state index is 15.3. The molecule has 5 aromatic rings. The molecule has 0 bridgehead atoms. The summed E-state index contributed by atoms with van der Waals surface area (Å²) < 4.78 is 14.8. The minimum atomic E-state index is -1.45. The van der Waals surface area contributed by atoms with E-state index in [-0.39, 0.29) is 30.2 Å². The SMILES string of the molecule is COc1cc(C=C[C@H]2C3=CCn4c(=O)n(-c5ccccc5)c(=O)n4[C@@H]3C[C@H]3C(=O)N(c4cccc(Cl)c4)C(=O)[C@@]23c2ccccc2)cc(OC)c1O. The van der Waals surface area contributed by atoms with Crippen LogP contribution < -0.4 is 25.8 Å². The topological polar surface area (TPSA) is 125 Å². The van der Waals surface area contributed by atoms with Crippen molar-refractivity contribution in [3.8, 4) is 22.9 Å². The first-order valence-electron chi connectivity index (χ1n) is 16.7. The molecule has 12 heteroatoms. The van der Waals surface area contributed by atoms with Crippen molar-refractivity contribution in [2.75, 3.05) is 19.1 Å². The van der Waals surface area contributed by atoms with Crippen LogP contribution in [-0.2, 0) is 21.5 Å². The molecule has 2 fully saturated rings. The van der Waals surface area contributed by atoms with Crippen LogP contribution in [0.2, 0.25) is 5.02 Å². The number of para-hydroxylation sites is 1. The Morgan fingerprint density at radius 2 is 1.48 bits per heavy atom. The Labute approximate surface area is 302 Å². The van der Waals surface area contributed by atoms with E-state index in [0.717, 1.165) is 10.1 Å². The van der Waals surface area contributed by atoms with E-state index in [1.54, 1.807) is 72.8 Å². The Bertz CT molecular complexity index is 2410. The van der Waals surface area contributed by atoms with Gasteiger partial charge < -0.3 is 14.6 Å². The highest BCUT2D eigenvalue weighted by atomic mass is 35.5. The molecule has 4 aromatic carbocycles. The van der Waals surface area contributed by atoms with Gasteiger partial charge in [0.1, 0.15) is 0 Å². The number of benzene rings is 4. The summed E-state index contributed by atoms with van der Waals surface area (Å²) in [7, 11) is 2.86. The maximum Gasteiger partial charge on any atom is 0.352 e. The van der Waals surface area contributed by atoms with Crippen LogP contribution in [0, 0.1) is 11.8 Å². The van der Waals surface area contributed by atoms with E-state index >= 15 is 4.79 Å². The number of amides is 2. The van der Waals surface area contributed by atoms with Crippen molar-refractivity contribution < 1.29 is 24.2 Å². The number of aromatic hydroxyl groups is 1. The van der Waals surface area contributed by atoms with Crippen molar-refractivity contribution in [2.24, 2.45) is 11.8 Å². The molecule has 1 aliphatic carbocycles. The van der Waals surface area contributed by atoms with Gasteiger partial charge in [-0.1, -0.05) is 84.4 Å². The number of allylic oxidation sites excluding steroid dienone is 3. The molecule has 1 N–H and O–H groups in total. The number of carbonyl (C=O) groups excluding carboxylic acids is 2. The number of ether oxygens (including phenoxy) is 2. The molecule has 1 saturated heterocycles. The molecule has 11 nitrogen and oxygen atoms in total. The van der Waals surface area contributed by atoms with Crippen molar-refractivity contribution in [1.82, 2.24) is 13.9 Å². The first-order chi connectivity index (χ1) is 25.2. The van der Waals surface area contributed by atoms with Gasteiger partial charge in [0.15, 0.2) is 11.5 Å². The second-order valence-corrected chi connectivity index (χ2v) is 13.4. The van der Waals surface area contributed by atoms with Crippen LogP contribution in [0.3, 0.4) is 0 Å². The lowest BCUT2D eigenvalue weighted by Gasteiger charge is -2.48. The number of imide groups is 1. The number of aromatic nitrogens is 3. The monoisotopic (exact) mass is 716 g/mol. The summed E-state index contributed by atoms with van der Waals surface area (Å²) in [5.74, 6) is -2.38. The van der Waals surface area contributed by atoms with E-state index in [0.29, 0.717) is 27.5 Å². The Morgan fingerprint density at radius 1 is 0.827 bits per heavy atom. The fourth-order valence-corrected chi connectivity index (χ4v) is 8.45. The number of hydrogen-bond acceptors (Lipinski definition) is 7. The number of phenols is 1. The zero-order chi connectivity index (χ0) is 36.3. The number of phenolic OH excluding ortho intramolecular Hbond substituents is 1. The molecule has 1 saturated carbocycles. The van der Waals surface area contributed by atoms with Gasteiger partial charge in [-0.25, -0.2) is 28.4 Å². The van der Waals surface area contributed by atoms with Crippen LogP contribution in [0.15, 0.2) is 124 Å².